The number of hydrogen-bond donors (Lipinski definition) is 2. The molecule has 0 radical (unpaired) electrons. The monoisotopic (exact) mass is 414 g/mol. The number of aromatic nitrogens is 2. The van der Waals surface area contributed by atoms with Crippen LogP contribution in [0.3, 0.4) is 0 Å². The topological polar surface area (TPSA) is 77.4 Å². The number of carbonyl (C=O) groups excluding carboxylic acids is 1. The van der Waals surface area contributed by atoms with Crippen molar-refractivity contribution in [3.63, 3.8) is 0 Å². The highest BCUT2D eigenvalue weighted by Gasteiger charge is 2.16. The minimum atomic E-state index is -2.88. The maximum Gasteiger partial charge on any atom is 0.387 e. The van der Waals surface area contributed by atoms with Gasteiger partial charge in [0, 0.05) is 25.0 Å². The average Bonchev–Trinajstić information content (AvgIpc) is 3.25. The van der Waals surface area contributed by atoms with E-state index < -0.39 is 6.61 Å². The third kappa shape index (κ3) is 4.81. The SMILES string of the molecule is O=C(Nc1ccc([C@@H]2CNCCO2)cc1)c1ccn(-c2ccc(OC(F)F)cc2)n1. The van der Waals surface area contributed by atoms with Crippen molar-refractivity contribution >= 4 is 11.6 Å². The minimum Gasteiger partial charge on any atom is -0.435 e. The van der Waals surface area contributed by atoms with Gasteiger partial charge in [0.2, 0.25) is 0 Å². The second-order valence-corrected chi connectivity index (χ2v) is 6.66. The zero-order valence-corrected chi connectivity index (χ0v) is 15.9. The second-order valence-electron chi connectivity index (χ2n) is 6.66. The lowest BCUT2D eigenvalue weighted by molar-refractivity contribution is -0.0498. The van der Waals surface area contributed by atoms with Crippen LogP contribution in [0.5, 0.6) is 5.75 Å². The number of nitrogens with one attached hydrogen (secondary N) is 2. The van der Waals surface area contributed by atoms with E-state index in [0.717, 1.165) is 18.7 Å². The lowest BCUT2D eigenvalue weighted by atomic mass is 10.1. The summed E-state index contributed by atoms with van der Waals surface area (Å²) in [5.41, 5.74) is 2.53. The van der Waals surface area contributed by atoms with Gasteiger partial charge >= 0.3 is 6.61 Å². The van der Waals surface area contributed by atoms with Crippen LogP contribution in [0.1, 0.15) is 22.2 Å². The lowest BCUT2D eigenvalue weighted by Crippen LogP contribution is -2.33. The van der Waals surface area contributed by atoms with Crippen molar-refractivity contribution in [2.75, 3.05) is 25.0 Å². The highest BCUT2D eigenvalue weighted by molar-refractivity contribution is 6.02. The van der Waals surface area contributed by atoms with Crippen LogP contribution in [-0.4, -0.2) is 42.0 Å². The van der Waals surface area contributed by atoms with Gasteiger partial charge in [0.05, 0.1) is 18.4 Å². The number of carbonyl (C=O) groups is 1. The van der Waals surface area contributed by atoms with Crippen molar-refractivity contribution in [1.29, 1.82) is 0 Å². The third-order valence-corrected chi connectivity index (χ3v) is 4.62. The van der Waals surface area contributed by atoms with Gasteiger partial charge in [-0.05, 0) is 48.0 Å². The largest absolute Gasteiger partial charge is 0.435 e. The van der Waals surface area contributed by atoms with E-state index in [1.54, 1.807) is 24.4 Å². The van der Waals surface area contributed by atoms with E-state index >= 15 is 0 Å². The number of rotatable bonds is 6. The normalized spacial score (nSPS) is 16.4. The Bertz CT molecular complexity index is 984. The Morgan fingerprint density at radius 3 is 2.60 bits per heavy atom. The molecule has 0 unspecified atom stereocenters. The number of ether oxygens (including phenoxy) is 2. The summed E-state index contributed by atoms with van der Waals surface area (Å²) in [6.45, 7) is -0.589. The van der Waals surface area contributed by atoms with Crippen LogP contribution in [0.2, 0.25) is 0 Å². The Kier molecular flexibility index (Phi) is 6.01. The molecule has 1 aliphatic rings. The first-order valence-corrected chi connectivity index (χ1v) is 9.43. The van der Waals surface area contributed by atoms with Gasteiger partial charge < -0.3 is 20.1 Å². The van der Waals surface area contributed by atoms with Gasteiger partial charge in [-0.2, -0.15) is 13.9 Å². The first kappa shape index (κ1) is 20.0. The van der Waals surface area contributed by atoms with E-state index in [9.17, 15) is 13.6 Å². The zero-order valence-electron chi connectivity index (χ0n) is 15.9. The van der Waals surface area contributed by atoms with Crippen LogP contribution in [0.15, 0.2) is 60.8 Å². The molecule has 1 saturated heterocycles. The molecule has 3 aromatic rings. The summed E-state index contributed by atoms with van der Waals surface area (Å²) in [5.74, 6) is -0.300. The van der Waals surface area contributed by atoms with Crippen LogP contribution in [0, 0.1) is 0 Å². The predicted octanol–water partition coefficient (Wildman–Crippen LogP) is 3.39. The van der Waals surface area contributed by atoms with E-state index in [-0.39, 0.29) is 23.5 Å². The third-order valence-electron chi connectivity index (χ3n) is 4.62. The van der Waals surface area contributed by atoms with Crippen molar-refractivity contribution in [1.82, 2.24) is 15.1 Å². The molecule has 4 rings (SSSR count). The molecule has 2 heterocycles. The molecule has 9 heteroatoms. The molecule has 1 aromatic heterocycles. The zero-order chi connectivity index (χ0) is 20.9. The van der Waals surface area contributed by atoms with Gasteiger partial charge in [0.1, 0.15) is 5.75 Å². The molecule has 2 aromatic carbocycles. The maximum absolute atomic E-state index is 12.5. The van der Waals surface area contributed by atoms with Crippen LogP contribution < -0.4 is 15.4 Å². The van der Waals surface area contributed by atoms with Gasteiger partial charge in [0.15, 0.2) is 5.69 Å². The average molecular weight is 414 g/mol. The summed E-state index contributed by atoms with van der Waals surface area (Å²) >= 11 is 0. The number of morpholine rings is 1. The molecule has 156 valence electrons. The molecule has 1 amide bonds. The van der Waals surface area contributed by atoms with Crippen molar-refractivity contribution < 1.29 is 23.0 Å². The van der Waals surface area contributed by atoms with Gasteiger partial charge in [0.25, 0.3) is 5.91 Å². The molecule has 0 spiro atoms. The van der Waals surface area contributed by atoms with Gasteiger partial charge in [-0.15, -0.1) is 0 Å². The highest BCUT2D eigenvalue weighted by atomic mass is 19.3. The Balaban J connectivity index is 1.39. The lowest BCUT2D eigenvalue weighted by Gasteiger charge is -2.24. The fourth-order valence-electron chi connectivity index (χ4n) is 3.12. The van der Waals surface area contributed by atoms with Gasteiger partial charge in [-0.25, -0.2) is 4.68 Å². The quantitative estimate of drug-likeness (QED) is 0.647. The van der Waals surface area contributed by atoms with Crippen LogP contribution in [0.25, 0.3) is 5.69 Å². The number of anilines is 1. The molecule has 1 fully saturated rings. The van der Waals surface area contributed by atoms with Crippen molar-refractivity contribution in [2.45, 2.75) is 12.7 Å². The molecule has 7 nitrogen and oxygen atoms in total. The smallest absolute Gasteiger partial charge is 0.387 e. The highest BCUT2D eigenvalue weighted by Crippen LogP contribution is 2.21. The van der Waals surface area contributed by atoms with E-state index in [1.807, 2.05) is 24.3 Å². The van der Waals surface area contributed by atoms with E-state index in [1.165, 1.54) is 16.8 Å². The maximum atomic E-state index is 12.5. The second kappa shape index (κ2) is 9.02. The van der Waals surface area contributed by atoms with Crippen LogP contribution in [-0.2, 0) is 4.74 Å². The first-order valence-electron chi connectivity index (χ1n) is 9.43. The fraction of sp³-hybridized carbons (Fsp3) is 0.238. The standard InChI is InChI=1S/C21H20F2N4O3/c22-21(23)30-17-7-5-16(6-8-17)27-11-9-18(26-27)20(28)25-15-3-1-14(2-4-15)19-13-24-10-12-29-19/h1-9,11,19,21,24H,10,12-13H2,(H,25,28)/t19-/m0/s1. The number of alkyl halides is 2. The predicted molar refractivity (Wildman–Crippen MR) is 106 cm³/mol. The van der Waals surface area contributed by atoms with E-state index in [2.05, 4.69) is 20.5 Å². The minimum absolute atomic E-state index is 0.0108. The molecular weight excluding hydrogens is 394 g/mol. The Hall–Kier alpha value is -3.30. The number of benzene rings is 2. The molecule has 1 atom stereocenters. The molecule has 1 aliphatic heterocycles. The molecule has 0 bridgehead atoms. The van der Waals surface area contributed by atoms with E-state index in [4.69, 9.17) is 4.74 Å². The molecule has 2 N–H and O–H groups in total. The number of hydrogen-bond acceptors (Lipinski definition) is 5. The molecular formula is C21H20F2N4O3. The number of nitrogens with zero attached hydrogens (tertiary/aromatic N) is 2. The number of halogens is 2. The summed E-state index contributed by atoms with van der Waals surface area (Å²) in [5, 5.41) is 10.3. The van der Waals surface area contributed by atoms with Gasteiger partial charge in [-0.1, -0.05) is 12.1 Å². The summed E-state index contributed by atoms with van der Waals surface area (Å²) in [4.78, 5) is 12.5. The summed E-state index contributed by atoms with van der Waals surface area (Å²) in [7, 11) is 0. The fourth-order valence-corrected chi connectivity index (χ4v) is 3.12. The first-order chi connectivity index (χ1) is 14.6. The summed E-state index contributed by atoms with van der Waals surface area (Å²) in [6.07, 6.45) is 1.63. The van der Waals surface area contributed by atoms with E-state index in [0.29, 0.717) is 18.0 Å². The molecule has 0 aliphatic carbocycles. The van der Waals surface area contributed by atoms with Crippen LogP contribution in [0.4, 0.5) is 14.5 Å². The summed E-state index contributed by atoms with van der Waals surface area (Å²) in [6, 6.07) is 15.1. The molecule has 30 heavy (non-hydrogen) atoms. The van der Waals surface area contributed by atoms with Crippen LogP contribution >= 0.6 is 0 Å². The van der Waals surface area contributed by atoms with Crippen molar-refractivity contribution in [3.05, 3.63) is 72.1 Å². The Morgan fingerprint density at radius 1 is 1.17 bits per heavy atom. The van der Waals surface area contributed by atoms with Gasteiger partial charge in [-0.3, -0.25) is 4.79 Å². The Morgan fingerprint density at radius 2 is 1.93 bits per heavy atom. The van der Waals surface area contributed by atoms with Crippen molar-refractivity contribution in [3.8, 4) is 11.4 Å². The Labute approximate surface area is 171 Å². The number of amides is 1. The molecule has 0 saturated carbocycles. The van der Waals surface area contributed by atoms with Crippen molar-refractivity contribution in [2.24, 2.45) is 0 Å². The summed E-state index contributed by atoms with van der Waals surface area (Å²) < 4.78 is 36.0.